The van der Waals surface area contributed by atoms with Crippen molar-refractivity contribution in [2.24, 2.45) is 11.7 Å². The first-order valence-corrected chi connectivity index (χ1v) is 8.27. The summed E-state index contributed by atoms with van der Waals surface area (Å²) < 4.78 is 29.2. The average Bonchev–Trinajstić information content (AvgIpc) is 3.36. The standard InChI is InChI=1S/C16H14BrF2N3O3/c17-10-3-6-13(21(24)7-10)22(25-8-9-1-2-9)15-11(16(20)23)4-5-12(18)14(15)19/h3-7,9H,1-2,8H2,(H2,20,23). The van der Waals surface area contributed by atoms with E-state index in [1.54, 1.807) is 6.07 Å². The van der Waals surface area contributed by atoms with Gasteiger partial charge in [-0.25, -0.2) is 9.12 Å². The van der Waals surface area contributed by atoms with Gasteiger partial charge in [0.15, 0.2) is 5.82 Å². The molecule has 25 heavy (non-hydrogen) atoms. The highest BCUT2D eigenvalue weighted by Crippen LogP contribution is 2.35. The Balaban J connectivity index is 2.14. The summed E-state index contributed by atoms with van der Waals surface area (Å²) in [6.07, 6.45) is 3.07. The molecule has 6 nitrogen and oxygen atoms in total. The lowest BCUT2D eigenvalue weighted by Crippen LogP contribution is -2.37. The van der Waals surface area contributed by atoms with Crippen molar-refractivity contribution in [2.45, 2.75) is 12.8 Å². The van der Waals surface area contributed by atoms with Gasteiger partial charge in [-0.1, -0.05) is 5.06 Å². The van der Waals surface area contributed by atoms with Crippen LogP contribution < -0.4 is 15.5 Å². The molecule has 0 saturated heterocycles. The van der Waals surface area contributed by atoms with E-state index < -0.39 is 23.2 Å². The molecule has 1 saturated carbocycles. The molecule has 0 bridgehead atoms. The predicted molar refractivity (Wildman–Crippen MR) is 88.8 cm³/mol. The molecule has 132 valence electrons. The minimum absolute atomic E-state index is 0.129. The third-order valence-electron chi connectivity index (χ3n) is 3.74. The van der Waals surface area contributed by atoms with Gasteiger partial charge in [0.2, 0.25) is 11.5 Å². The summed E-state index contributed by atoms with van der Waals surface area (Å²) in [4.78, 5) is 17.2. The Morgan fingerprint density at radius 1 is 1.36 bits per heavy atom. The van der Waals surface area contributed by atoms with E-state index in [1.807, 2.05) is 0 Å². The summed E-state index contributed by atoms with van der Waals surface area (Å²) in [7, 11) is 0. The Labute approximate surface area is 150 Å². The summed E-state index contributed by atoms with van der Waals surface area (Å²) >= 11 is 3.15. The Bertz CT molecular complexity index is 831. The van der Waals surface area contributed by atoms with Crippen LogP contribution in [0.4, 0.5) is 20.3 Å². The Kier molecular flexibility index (Phi) is 4.87. The number of nitrogens with zero attached hydrogens (tertiary/aromatic N) is 2. The Hall–Kier alpha value is -2.26. The van der Waals surface area contributed by atoms with Crippen LogP contribution in [0.25, 0.3) is 0 Å². The van der Waals surface area contributed by atoms with E-state index in [0.717, 1.165) is 30.0 Å². The van der Waals surface area contributed by atoms with Crippen molar-refractivity contribution in [2.75, 3.05) is 11.7 Å². The van der Waals surface area contributed by atoms with Crippen molar-refractivity contribution in [3.63, 3.8) is 0 Å². The summed E-state index contributed by atoms with van der Waals surface area (Å²) in [5.74, 6) is -3.34. The van der Waals surface area contributed by atoms with Crippen molar-refractivity contribution in [1.82, 2.24) is 0 Å². The fourth-order valence-corrected chi connectivity index (χ4v) is 2.57. The first-order chi connectivity index (χ1) is 11.9. The number of benzene rings is 1. The lowest BCUT2D eigenvalue weighted by molar-refractivity contribution is -0.594. The van der Waals surface area contributed by atoms with Crippen LogP contribution in [0.1, 0.15) is 23.2 Å². The number of aromatic nitrogens is 1. The highest BCUT2D eigenvalue weighted by Gasteiger charge is 2.34. The van der Waals surface area contributed by atoms with Gasteiger partial charge in [0.05, 0.1) is 16.6 Å². The number of rotatable bonds is 6. The molecule has 2 aromatic rings. The van der Waals surface area contributed by atoms with Gasteiger partial charge in [0, 0.05) is 6.07 Å². The number of halogens is 3. The highest BCUT2D eigenvalue weighted by molar-refractivity contribution is 9.10. The zero-order valence-corrected chi connectivity index (χ0v) is 14.5. The third kappa shape index (κ3) is 3.72. The third-order valence-corrected chi connectivity index (χ3v) is 4.21. The lowest BCUT2D eigenvalue weighted by atomic mass is 10.1. The number of amides is 1. The van der Waals surface area contributed by atoms with E-state index in [-0.39, 0.29) is 23.9 Å². The molecule has 1 aliphatic carbocycles. The molecule has 1 heterocycles. The maximum atomic E-state index is 14.5. The minimum Gasteiger partial charge on any atom is -0.710 e. The number of carbonyl (C=O) groups is 1. The van der Waals surface area contributed by atoms with Crippen LogP contribution >= 0.6 is 15.9 Å². The van der Waals surface area contributed by atoms with Crippen LogP contribution in [-0.2, 0) is 4.84 Å². The second-order valence-electron chi connectivity index (χ2n) is 5.69. The molecule has 0 atom stereocenters. The average molecular weight is 414 g/mol. The smallest absolute Gasteiger partial charge is 0.315 e. The first kappa shape index (κ1) is 17.6. The van der Waals surface area contributed by atoms with Crippen LogP contribution in [0.3, 0.4) is 0 Å². The fourth-order valence-electron chi connectivity index (χ4n) is 2.25. The molecule has 0 unspecified atom stereocenters. The summed E-state index contributed by atoms with van der Waals surface area (Å²) in [5, 5.41) is 13.1. The summed E-state index contributed by atoms with van der Waals surface area (Å²) in [5.41, 5.74) is 4.46. The van der Waals surface area contributed by atoms with E-state index >= 15 is 0 Å². The summed E-state index contributed by atoms with van der Waals surface area (Å²) in [6, 6.07) is 4.75. The van der Waals surface area contributed by atoms with Gasteiger partial charge < -0.3 is 10.9 Å². The second-order valence-corrected chi connectivity index (χ2v) is 6.60. The maximum Gasteiger partial charge on any atom is 0.315 e. The van der Waals surface area contributed by atoms with E-state index in [1.165, 1.54) is 12.3 Å². The second kappa shape index (κ2) is 6.93. The van der Waals surface area contributed by atoms with Gasteiger partial charge >= 0.3 is 5.82 Å². The molecule has 1 fully saturated rings. The van der Waals surface area contributed by atoms with E-state index in [0.29, 0.717) is 9.20 Å². The van der Waals surface area contributed by atoms with Crippen molar-refractivity contribution in [1.29, 1.82) is 0 Å². The number of hydrogen-bond acceptors (Lipinski definition) is 4. The molecule has 1 aromatic heterocycles. The number of pyridine rings is 1. The Morgan fingerprint density at radius 2 is 2.08 bits per heavy atom. The normalized spacial score (nSPS) is 13.7. The largest absolute Gasteiger partial charge is 0.710 e. The molecule has 3 rings (SSSR count). The van der Waals surface area contributed by atoms with Crippen LogP contribution in [0.5, 0.6) is 0 Å². The topological polar surface area (TPSA) is 82.5 Å². The molecule has 1 aliphatic rings. The van der Waals surface area contributed by atoms with Gasteiger partial charge in [0.25, 0.3) is 5.91 Å². The number of primary amides is 1. The zero-order valence-electron chi connectivity index (χ0n) is 12.9. The van der Waals surface area contributed by atoms with Gasteiger partial charge in [-0.2, -0.15) is 9.23 Å². The fraction of sp³-hybridized carbons (Fsp3) is 0.250. The molecule has 1 aromatic carbocycles. The SMILES string of the molecule is NC(=O)c1ccc(F)c(F)c1N(OCC1CC1)c1ccc(Br)c[n+]1[O-]. The monoisotopic (exact) mass is 413 g/mol. The molecule has 0 spiro atoms. The Morgan fingerprint density at radius 3 is 2.68 bits per heavy atom. The minimum atomic E-state index is -1.32. The molecule has 9 heteroatoms. The van der Waals surface area contributed by atoms with Gasteiger partial charge in [-0.15, -0.1) is 0 Å². The van der Waals surface area contributed by atoms with Gasteiger partial charge in [-0.3, -0.25) is 4.79 Å². The van der Waals surface area contributed by atoms with E-state index in [2.05, 4.69) is 15.9 Å². The quantitative estimate of drug-likeness (QED) is 0.448. The molecule has 0 radical (unpaired) electrons. The molecular weight excluding hydrogens is 400 g/mol. The van der Waals surface area contributed by atoms with E-state index in [9.17, 15) is 18.8 Å². The number of anilines is 2. The lowest BCUT2D eigenvalue weighted by Gasteiger charge is -2.20. The maximum absolute atomic E-state index is 14.5. The number of hydrogen-bond donors (Lipinski definition) is 1. The highest BCUT2D eigenvalue weighted by atomic mass is 79.9. The predicted octanol–water partition coefficient (Wildman–Crippen LogP) is 2.94. The zero-order chi connectivity index (χ0) is 18.1. The number of nitrogens with two attached hydrogens (primary N) is 1. The molecule has 1 amide bonds. The van der Waals surface area contributed by atoms with Gasteiger partial charge in [0.1, 0.15) is 6.20 Å². The molecule has 2 N–H and O–H groups in total. The number of carbonyl (C=O) groups excluding carboxylic acids is 1. The van der Waals surface area contributed by atoms with Crippen LogP contribution in [-0.4, -0.2) is 12.5 Å². The van der Waals surface area contributed by atoms with Crippen molar-refractivity contribution in [3.8, 4) is 0 Å². The van der Waals surface area contributed by atoms with E-state index in [4.69, 9.17) is 10.6 Å². The molecular formula is C16H14BrF2N3O3. The first-order valence-electron chi connectivity index (χ1n) is 7.48. The van der Waals surface area contributed by atoms with Crippen molar-refractivity contribution in [3.05, 3.63) is 57.3 Å². The molecule has 0 aliphatic heterocycles. The van der Waals surface area contributed by atoms with Gasteiger partial charge in [-0.05, 0) is 52.9 Å². The van der Waals surface area contributed by atoms with Crippen LogP contribution in [0, 0.1) is 22.8 Å². The summed E-state index contributed by atoms with van der Waals surface area (Å²) in [6.45, 7) is 0.199. The van der Waals surface area contributed by atoms with Crippen molar-refractivity contribution < 1.29 is 23.1 Å². The van der Waals surface area contributed by atoms with Crippen molar-refractivity contribution >= 4 is 33.3 Å². The van der Waals surface area contributed by atoms with Crippen LogP contribution in [0.2, 0.25) is 0 Å². The van der Waals surface area contributed by atoms with Crippen LogP contribution in [0.15, 0.2) is 34.9 Å².